The van der Waals surface area contributed by atoms with Crippen LogP contribution in [0.25, 0.3) is 0 Å². The molecule has 0 rings (SSSR count). The molecule has 0 aromatic carbocycles. The van der Waals surface area contributed by atoms with Crippen LogP contribution in [0, 0.1) is 20.2 Å². The van der Waals surface area contributed by atoms with E-state index in [0.29, 0.717) is 0 Å². The molecular formula is C2H11N5O6. The molecule has 0 radical (unpaired) electrons. The van der Waals surface area contributed by atoms with Crippen molar-refractivity contribution in [3.05, 3.63) is 20.2 Å². The maximum absolute atomic E-state index is 9.29. The van der Waals surface area contributed by atoms with Crippen molar-refractivity contribution < 1.29 is 20.2 Å². The third-order valence-electron chi connectivity index (χ3n) is 0.315. The van der Waals surface area contributed by atoms with Gasteiger partial charge in [0.1, 0.15) is 6.61 Å². The van der Waals surface area contributed by atoms with Crippen molar-refractivity contribution in [2.75, 3.05) is 13.2 Å². The first-order valence-corrected chi connectivity index (χ1v) is 2.64. The molecule has 0 fully saturated rings. The lowest BCUT2D eigenvalue weighted by molar-refractivity contribution is -0.757. The zero-order valence-corrected chi connectivity index (χ0v) is 6.53. The van der Waals surface area contributed by atoms with Crippen molar-refractivity contribution in [3.63, 3.8) is 0 Å². The summed E-state index contributed by atoms with van der Waals surface area (Å²) in [6.45, 7) is 0.161. The minimum Gasteiger partial charge on any atom is -0.329 e. The Morgan fingerprint density at radius 1 is 1.31 bits per heavy atom. The van der Waals surface area contributed by atoms with Crippen LogP contribution in [0.2, 0.25) is 0 Å². The summed E-state index contributed by atoms with van der Waals surface area (Å²) in [7, 11) is 0. The van der Waals surface area contributed by atoms with Crippen LogP contribution in [0.1, 0.15) is 0 Å². The molecular weight excluding hydrogens is 190 g/mol. The Balaban J connectivity index is -0.000000142. The van der Waals surface area contributed by atoms with E-state index >= 15 is 0 Å². The quantitative estimate of drug-likeness (QED) is 0.219. The Morgan fingerprint density at radius 3 is 1.69 bits per heavy atom. The molecule has 0 aliphatic carbocycles. The van der Waals surface area contributed by atoms with E-state index in [1.54, 1.807) is 0 Å². The van der Waals surface area contributed by atoms with Crippen molar-refractivity contribution in [2.45, 2.75) is 0 Å². The molecule has 0 aromatic heterocycles. The SMILES string of the molecule is NCCO[N+](=O)[O-].NN.O=[N+]([O-])O. The molecule has 0 saturated carbocycles. The van der Waals surface area contributed by atoms with Gasteiger partial charge in [-0.15, -0.1) is 20.2 Å². The Morgan fingerprint density at radius 2 is 1.62 bits per heavy atom. The van der Waals surface area contributed by atoms with Gasteiger partial charge in [-0.3, -0.25) is 11.7 Å². The fourth-order valence-corrected chi connectivity index (χ4v) is 0.127. The smallest absolute Gasteiger partial charge is 0.294 e. The van der Waals surface area contributed by atoms with Gasteiger partial charge < -0.3 is 15.8 Å². The Bertz CT molecular complexity index is 124. The molecule has 0 atom stereocenters. The summed E-state index contributed by atoms with van der Waals surface area (Å²) < 4.78 is 0. The second kappa shape index (κ2) is 16.7. The lowest BCUT2D eigenvalue weighted by Crippen LogP contribution is -2.11. The Hall–Kier alpha value is -1.72. The minimum absolute atomic E-state index is 0.0208. The van der Waals surface area contributed by atoms with Gasteiger partial charge in [0.2, 0.25) is 0 Å². The molecule has 80 valence electrons. The number of hydrazine groups is 1. The van der Waals surface area contributed by atoms with Crippen LogP contribution >= 0.6 is 0 Å². The molecule has 11 nitrogen and oxygen atoms in total. The summed E-state index contributed by atoms with van der Waals surface area (Å²) in [4.78, 5) is 21.4. The van der Waals surface area contributed by atoms with Crippen LogP contribution in [0.15, 0.2) is 0 Å². The molecule has 0 amide bonds. The molecule has 0 bridgehead atoms. The van der Waals surface area contributed by atoms with Crippen LogP contribution in [0.5, 0.6) is 0 Å². The molecule has 0 heterocycles. The van der Waals surface area contributed by atoms with Crippen LogP contribution in [-0.2, 0) is 4.84 Å². The second-order valence-corrected chi connectivity index (χ2v) is 1.08. The van der Waals surface area contributed by atoms with E-state index in [-0.39, 0.29) is 13.2 Å². The van der Waals surface area contributed by atoms with E-state index in [0.717, 1.165) is 0 Å². The van der Waals surface area contributed by atoms with E-state index < -0.39 is 10.2 Å². The van der Waals surface area contributed by atoms with Gasteiger partial charge in [0.25, 0.3) is 10.2 Å². The van der Waals surface area contributed by atoms with Crippen molar-refractivity contribution in [1.29, 1.82) is 0 Å². The predicted molar refractivity (Wildman–Crippen MR) is 39.2 cm³/mol. The molecule has 7 N–H and O–H groups in total. The van der Waals surface area contributed by atoms with Crippen molar-refractivity contribution in [1.82, 2.24) is 0 Å². The average Bonchev–Trinajstić information content (AvgIpc) is 2.03. The number of rotatable bonds is 3. The number of hydrogen-bond donors (Lipinski definition) is 4. The summed E-state index contributed by atoms with van der Waals surface area (Å²) >= 11 is 0. The van der Waals surface area contributed by atoms with Gasteiger partial charge in [-0.1, -0.05) is 0 Å². The monoisotopic (exact) mass is 201 g/mol. The maximum atomic E-state index is 9.29. The molecule has 0 aliphatic rings. The van der Waals surface area contributed by atoms with Gasteiger partial charge >= 0.3 is 0 Å². The van der Waals surface area contributed by atoms with Crippen LogP contribution in [-0.4, -0.2) is 28.5 Å². The van der Waals surface area contributed by atoms with Crippen LogP contribution in [0.3, 0.4) is 0 Å². The van der Waals surface area contributed by atoms with E-state index in [9.17, 15) is 10.1 Å². The molecule has 11 heteroatoms. The number of hydrogen-bond acceptors (Lipinski definition) is 8. The highest BCUT2D eigenvalue weighted by atomic mass is 16.9. The highest BCUT2D eigenvalue weighted by molar-refractivity contribution is 4.20. The van der Waals surface area contributed by atoms with Gasteiger partial charge in [0.15, 0.2) is 0 Å². The Labute approximate surface area is 72.2 Å². The topological polar surface area (TPSA) is 194 Å². The minimum atomic E-state index is -1.50. The molecule has 0 aliphatic heterocycles. The van der Waals surface area contributed by atoms with E-state index in [4.69, 9.17) is 21.1 Å². The number of nitrogens with zero attached hydrogens (tertiary/aromatic N) is 2. The molecule has 0 aromatic rings. The maximum Gasteiger partial charge on any atom is 0.294 e. The molecule has 0 saturated heterocycles. The normalized spacial score (nSPS) is 6.69. The predicted octanol–water partition coefficient (Wildman–Crippen LogP) is -2.38. The fraction of sp³-hybridized carbons (Fsp3) is 1.00. The lowest BCUT2D eigenvalue weighted by atomic mass is 10.8. The largest absolute Gasteiger partial charge is 0.329 e. The van der Waals surface area contributed by atoms with Crippen LogP contribution in [0.4, 0.5) is 0 Å². The van der Waals surface area contributed by atoms with Gasteiger partial charge in [0.05, 0.1) is 0 Å². The standard InChI is InChI=1S/C2H6N2O3.H4N2.HNO3/c3-1-2-7-4(5)6;1-2;2-1(3)4/h1-3H2;1-2H2;(H,2,3,4). The molecule has 0 unspecified atom stereocenters. The van der Waals surface area contributed by atoms with Gasteiger partial charge in [0, 0.05) is 6.54 Å². The first-order chi connectivity index (χ1) is 6.00. The number of nitrogens with two attached hydrogens (primary N) is 3. The summed E-state index contributed by atoms with van der Waals surface area (Å²) in [5.41, 5.74) is 4.85. The van der Waals surface area contributed by atoms with E-state index in [2.05, 4.69) is 16.5 Å². The average molecular weight is 201 g/mol. The van der Waals surface area contributed by atoms with Gasteiger partial charge in [-0.2, -0.15) is 0 Å². The van der Waals surface area contributed by atoms with Crippen molar-refractivity contribution in [2.24, 2.45) is 17.4 Å². The fourth-order valence-electron chi connectivity index (χ4n) is 0.127. The lowest BCUT2D eigenvalue weighted by Gasteiger charge is -1.89. The highest BCUT2D eigenvalue weighted by Gasteiger charge is 1.87. The van der Waals surface area contributed by atoms with E-state index in [1.807, 2.05) is 0 Å². The summed E-state index contributed by atoms with van der Waals surface area (Å²) in [5.74, 6) is 8.00. The zero-order chi connectivity index (χ0) is 11.3. The summed E-state index contributed by atoms with van der Waals surface area (Å²) in [6.07, 6.45) is 0. The molecule has 0 spiro atoms. The zero-order valence-electron chi connectivity index (χ0n) is 6.53. The van der Waals surface area contributed by atoms with Crippen molar-refractivity contribution in [3.8, 4) is 0 Å². The highest BCUT2D eigenvalue weighted by Crippen LogP contribution is 1.67. The van der Waals surface area contributed by atoms with E-state index in [1.165, 1.54) is 0 Å². The first-order valence-electron chi connectivity index (χ1n) is 2.64. The third-order valence-corrected chi connectivity index (χ3v) is 0.315. The summed E-state index contributed by atoms with van der Waals surface area (Å²) in [5, 5.41) is 22.1. The third kappa shape index (κ3) is 136. The van der Waals surface area contributed by atoms with Crippen molar-refractivity contribution >= 4 is 0 Å². The summed E-state index contributed by atoms with van der Waals surface area (Å²) in [6, 6.07) is 0. The van der Waals surface area contributed by atoms with Gasteiger partial charge in [-0.05, 0) is 0 Å². The first kappa shape index (κ1) is 17.4. The van der Waals surface area contributed by atoms with Gasteiger partial charge in [-0.25, -0.2) is 0 Å². The second-order valence-electron chi connectivity index (χ2n) is 1.08. The Kier molecular flexibility index (Phi) is 22.3. The molecule has 13 heavy (non-hydrogen) atoms. The van der Waals surface area contributed by atoms with Crippen LogP contribution < -0.4 is 17.4 Å².